The lowest BCUT2D eigenvalue weighted by molar-refractivity contribution is 0.0697. The number of hydrogen-bond acceptors (Lipinski definition) is 4. The predicted molar refractivity (Wildman–Crippen MR) is 75.3 cm³/mol. The van der Waals surface area contributed by atoms with Gasteiger partial charge in [0.05, 0.1) is 18.4 Å². The van der Waals surface area contributed by atoms with Crippen LogP contribution in [0.4, 0.5) is 0 Å². The topological polar surface area (TPSA) is 72.3 Å². The van der Waals surface area contributed by atoms with E-state index in [0.29, 0.717) is 29.2 Å². The second-order valence-electron chi connectivity index (χ2n) is 4.11. The lowest BCUT2D eigenvalue weighted by Crippen LogP contribution is -2.03. The number of ether oxygens (including phenoxy) is 1. The van der Waals surface area contributed by atoms with Crippen LogP contribution in [0, 0.1) is 6.92 Å². The van der Waals surface area contributed by atoms with Crippen LogP contribution in [0.15, 0.2) is 24.5 Å². The quantitative estimate of drug-likeness (QED) is 0.876. The number of aryl methyl sites for hydroxylation is 1. The van der Waals surface area contributed by atoms with E-state index in [2.05, 4.69) is 9.97 Å². The van der Waals surface area contributed by atoms with Gasteiger partial charge in [0.25, 0.3) is 0 Å². The van der Waals surface area contributed by atoms with E-state index in [1.807, 2.05) is 6.92 Å². The molecule has 2 aromatic heterocycles. The summed E-state index contributed by atoms with van der Waals surface area (Å²) in [4.78, 5) is 19.3. The molecule has 0 saturated carbocycles. The van der Waals surface area contributed by atoms with Gasteiger partial charge in [0, 0.05) is 23.0 Å². The molecule has 0 fully saturated rings. The Morgan fingerprint density at radius 1 is 1.30 bits per heavy atom. The Bertz CT molecular complexity index is 659. The SMILES string of the molecule is CCOc1cnc(Cl)cc1-c1cc(C)ncc1C(=O)O. The van der Waals surface area contributed by atoms with Crippen molar-refractivity contribution in [2.24, 2.45) is 0 Å². The van der Waals surface area contributed by atoms with E-state index >= 15 is 0 Å². The van der Waals surface area contributed by atoms with Gasteiger partial charge in [-0.15, -0.1) is 0 Å². The molecule has 2 rings (SSSR count). The number of halogens is 1. The maximum Gasteiger partial charge on any atom is 0.337 e. The van der Waals surface area contributed by atoms with E-state index in [9.17, 15) is 9.90 Å². The smallest absolute Gasteiger partial charge is 0.337 e. The number of pyridine rings is 2. The van der Waals surface area contributed by atoms with Gasteiger partial charge in [-0.25, -0.2) is 9.78 Å². The van der Waals surface area contributed by atoms with E-state index < -0.39 is 5.97 Å². The van der Waals surface area contributed by atoms with Crippen LogP contribution in [-0.2, 0) is 0 Å². The number of carboxylic acid groups (broad SMARTS) is 1. The van der Waals surface area contributed by atoms with Crippen LogP contribution in [0.3, 0.4) is 0 Å². The second kappa shape index (κ2) is 5.88. The zero-order chi connectivity index (χ0) is 14.7. The average Bonchev–Trinajstić information content (AvgIpc) is 2.40. The maximum atomic E-state index is 11.3. The van der Waals surface area contributed by atoms with Crippen molar-refractivity contribution in [1.82, 2.24) is 9.97 Å². The summed E-state index contributed by atoms with van der Waals surface area (Å²) in [5, 5.41) is 9.55. The number of carbonyl (C=O) groups is 1. The van der Waals surface area contributed by atoms with Gasteiger partial charge < -0.3 is 9.84 Å². The largest absolute Gasteiger partial charge is 0.492 e. The third-order valence-electron chi connectivity index (χ3n) is 2.70. The molecule has 0 aliphatic rings. The summed E-state index contributed by atoms with van der Waals surface area (Å²) in [6.45, 7) is 4.08. The molecule has 0 aliphatic heterocycles. The highest BCUT2D eigenvalue weighted by Gasteiger charge is 2.17. The number of rotatable bonds is 4. The van der Waals surface area contributed by atoms with Crippen LogP contribution >= 0.6 is 11.6 Å². The molecular formula is C14H13ClN2O3. The van der Waals surface area contributed by atoms with Gasteiger partial charge in [0.2, 0.25) is 0 Å². The van der Waals surface area contributed by atoms with E-state index in [0.717, 1.165) is 0 Å². The van der Waals surface area contributed by atoms with Gasteiger partial charge >= 0.3 is 5.97 Å². The third-order valence-corrected chi connectivity index (χ3v) is 2.90. The molecule has 20 heavy (non-hydrogen) atoms. The van der Waals surface area contributed by atoms with Crippen LogP contribution in [0.1, 0.15) is 23.0 Å². The Labute approximate surface area is 121 Å². The summed E-state index contributed by atoms with van der Waals surface area (Å²) < 4.78 is 5.49. The predicted octanol–water partition coefficient (Wildman–Crippen LogP) is 3.20. The molecule has 5 nitrogen and oxygen atoms in total. The molecule has 0 unspecified atom stereocenters. The summed E-state index contributed by atoms with van der Waals surface area (Å²) in [7, 11) is 0. The van der Waals surface area contributed by atoms with Crippen molar-refractivity contribution in [3.63, 3.8) is 0 Å². The van der Waals surface area contributed by atoms with Crippen molar-refractivity contribution in [3.05, 3.63) is 40.9 Å². The van der Waals surface area contributed by atoms with Gasteiger partial charge in [0.1, 0.15) is 10.9 Å². The summed E-state index contributed by atoms with van der Waals surface area (Å²) in [6.07, 6.45) is 2.82. The molecule has 6 heteroatoms. The zero-order valence-electron chi connectivity index (χ0n) is 11.1. The van der Waals surface area contributed by atoms with Crippen LogP contribution in [-0.4, -0.2) is 27.7 Å². The minimum atomic E-state index is -1.05. The van der Waals surface area contributed by atoms with Crippen molar-refractivity contribution in [2.45, 2.75) is 13.8 Å². The molecule has 0 radical (unpaired) electrons. The highest BCUT2D eigenvalue weighted by Crippen LogP contribution is 2.33. The normalized spacial score (nSPS) is 10.3. The lowest BCUT2D eigenvalue weighted by Gasteiger charge is -2.12. The number of carboxylic acids is 1. The minimum Gasteiger partial charge on any atom is -0.492 e. The van der Waals surface area contributed by atoms with Gasteiger partial charge in [-0.3, -0.25) is 4.98 Å². The number of aromatic nitrogens is 2. The summed E-state index contributed by atoms with van der Waals surface area (Å²) in [5.74, 6) is -0.562. The second-order valence-corrected chi connectivity index (χ2v) is 4.50. The fourth-order valence-corrected chi connectivity index (χ4v) is 2.01. The molecule has 1 N–H and O–H groups in total. The fraction of sp³-hybridized carbons (Fsp3) is 0.214. The van der Waals surface area contributed by atoms with Gasteiger partial charge in [-0.2, -0.15) is 0 Å². The fourth-order valence-electron chi connectivity index (χ4n) is 1.85. The van der Waals surface area contributed by atoms with E-state index in [4.69, 9.17) is 16.3 Å². The highest BCUT2D eigenvalue weighted by molar-refractivity contribution is 6.29. The minimum absolute atomic E-state index is 0.0961. The van der Waals surface area contributed by atoms with E-state index in [-0.39, 0.29) is 10.7 Å². The molecule has 0 spiro atoms. The Morgan fingerprint density at radius 3 is 2.70 bits per heavy atom. The number of nitrogens with zero attached hydrogens (tertiary/aromatic N) is 2. The first kappa shape index (κ1) is 14.3. The Kier molecular flexibility index (Phi) is 4.20. The van der Waals surface area contributed by atoms with Crippen molar-refractivity contribution < 1.29 is 14.6 Å². The van der Waals surface area contributed by atoms with Gasteiger partial charge in [-0.1, -0.05) is 11.6 Å². The molecule has 0 atom stereocenters. The van der Waals surface area contributed by atoms with Crippen LogP contribution in [0.5, 0.6) is 5.75 Å². The van der Waals surface area contributed by atoms with Gasteiger partial charge in [-0.05, 0) is 26.0 Å². The molecule has 0 saturated heterocycles. The average molecular weight is 293 g/mol. The Hall–Kier alpha value is -2.14. The standard InChI is InChI=1S/C14H13ClN2O3/c1-3-20-12-7-17-13(15)5-10(12)9-4-8(2)16-6-11(9)14(18)19/h4-7H,3H2,1-2H3,(H,18,19). The molecule has 0 amide bonds. The first-order valence-electron chi connectivity index (χ1n) is 6.01. The highest BCUT2D eigenvalue weighted by atomic mass is 35.5. The van der Waals surface area contributed by atoms with Crippen LogP contribution < -0.4 is 4.74 Å². The number of hydrogen-bond donors (Lipinski definition) is 1. The van der Waals surface area contributed by atoms with Crippen LogP contribution in [0.2, 0.25) is 5.15 Å². The molecule has 2 heterocycles. The van der Waals surface area contributed by atoms with Crippen molar-refractivity contribution in [3.8, 4) is 16.9 Å². The zero-order valence-corrected chi connectivity index (χ0v) is 11.8. The molecule has 0 aromatic carbocycles. The molecule has 0 aliphatic carbocycles. The van der Waals surface area contributed by atoms with Crippen molar-refractivity contribution >= 4 is 17.6 Å². The Balaban J connectivity index is 2.69. The van der Waals surface area contributed by atoms with E-state index in [1.54, 1.807) is 19.1 Å². The molecule has 2 aromatic rings. The molecular weight excluding hydrogens is 280 g/mol. The first-order chi connectivity index (χ1) is 9.52. The third kappa shape index (κ3) is 2.88. The molecule has 104 valence electrons. The monoisotopic (exact) mass is 292 g/mol. The number of aromatic carboxylic acids is 1. The summed E-state index contributed by atoms with van der Waals surface area (Å²) in [6, 6.07) is 3.28. The maximum absolute atomic E-state index is 11.3. The summed E-state index contributed by atoms with van der Waals surface area (Å²) >= 11 is 5.91. The van der Waals surface area contributed by atoms with Gasteiger partial charge in [0.15, 0.2) is 0 Å². The molecule has 0 bridgehead atoms. The van der Waals surface area contributed by atoms with E-state index in [1.165, 1.54) is 12.4 Å². The first-order valence-corrected chi connectivity index (χ1v) is 6.39. The van der Waals surface area contributed by atoms with Crippen molar-refractivity contribution in [2.75, 3.05) is 6.61 Å². The summed E-state index contributed by atoms with van der Waals surface area (Å²) in [5.41, 5.74) is 1.91. The lowest BCUT2D eigenvalue weighted by atomic mass is 10.0. The van der Waals surface area contributed by atoms with Crippen LogP contribution in [0.25, 0.3) is 11.1 Å². The van der Waals surface area contributed by atoms with Crippen molar-refractivity contribution in [1.29, 1.82) is 0 Å². The Morgan fingerprint density at radius 2 is 2.05 bits per heavy atom.